The van der Waals surface area contributed by atoms with Crippen LogP contribution in [0.1, 0.15) is 56.2 Å². The average Bonchev–Trinajstić information content (AvgIpc) is 3.11. The molecule has 1 aromatic rings. The molecule has 0 radical (unpaired) electrons. The maximum Gasteiger partial charge on any atom is 0.0613 e. The lowest BCUT2D eigenvalue weighted by molar-refractivity contribution is 0.0617. The molecule has 0 aromatic carbocycles. The Labute approximate surface area is 120 Å². The molecule has 2 N–H and O–H groups in total. The summed E-state index contributed by atoms with van der Waals surface area (Å²) in [5.41, 5.74) is 0.626. The summed E-state index contributed by atoms with van der Waals surface area (Å²) in [7, 11) is 0. The Morgan fingerprint density at radius 2 is 1.84 bits per heavy atom. The molecule has 3 rings (SSSR count). The van der Waals surface area contributed by atoms with Crippen LogP contribution in [0.3, 0.4) is 0 Å². The Bertz CT molecular complexity index is 385. The molecule has 2 nitrogen and oxygen atoms in total. The fraction of sp³-hybridized carbons (Fsp3) is 0.750. The van der Waals surface area contributed by atoms with E-state index in [9.17, 15) is 5.11 Å². The summed E-state index contributed by atoms with van der Waals surface area (Å²) in [5, 5.41) is 15.6. The fourth-order valence-corrected chi connectivity index (χ4v) is 4.61. The molecule has 0 unspecified atom stereocenters. The van der Waals surface area contributed by atoms with Crippen LogP contribution < -0.4 is 5.32 Å². The molecular formula is C16H25NOS. The molecule has 2 saturated carbocycles. The Hall–Kier alpha value is -0.380. The molecule has 3 heteroatoms. The van der Waals surface area contributed by atoms with Crippen LogP contribution in [-0.4, -0.2) is 17.3 Å². The van der Waals surface area contributed by atoms with Crippen molar-refractivity contribution in [2.75, 3.05) is 6.61 Å². The van der Waals surface area contributed by atoms with E-state index in [1.807, 2.05) is 0 Å². The third kappa shape index (κ3) is 2.88. The van der Waals surface area contributed by atoms with E-state index in [1.54, 1.807) is 11.3 Å². The lowest BCUT2D eigenvalue weighted by atomic mass is 9.66. The van der Waals surface area contributed by atoms with Gasteiger partial charge in [-0.25, -0.2) is 0 Å². The van der Waals surface area contributed by atoms with E-state index < -0.39 is 0 Å². The summed E-state index contributed by atoms with van der Waals surface area (Å²) in [6.45, 7) is 1.19. The number of rotatable bonds is 4. The summed E-state index contributed by atoms with van der Waals surface area (Å²) in [6, 6.07) is 4.27. The van der Waals surface area contributed by atoms with Gasteiger partial charge in [-0.15, -0.1) is 11.3 Å². The van der Waals surface area contributed by atoms with E-state index in [1.165, 1.54) is 43.4 Å². The van der Waals surface area contributed by atoms with Gasteiger partial charge in [-0.3, -0.25) is 0 Å². The highest BCUT2D eigenvalue weighted by Crippen LogP contribution is 2.51. The molecule has 2 aliphatic carbocycles. The monoisotopic (exact) mass is 279 g/mol. The van der Waals surface area contributed by atoms with Gasteiger partial charge in [0, 0.05) is 17.0 Å². The highest BCUT2D eigenvalue weighted by molar-refractivity contribution is 7.09. The van der Waals surface area contributed by atoms with Crippen LogP contribution in [0.2, 0.25) is 0 Å². The van der Waals surface area contributed by atoms with Gasteiger partial charge >= 0.3 is 0 Å². The van der Waals surface area contributed by atoms with Gasteiger partial charge in [0.05, 0.1) is 6.61 Å². The predicted octanol–water partition coefficient (Wildman–Crippen LogP) is 3.70. The Morgan fingerprint density at radius 3 is 2.42 bits per heavy atom. The van der Waals surface area contributed by atoms with Crippen molar-refractivity contribution in [3.8, 4) is 0 Å². The summed E-state index contributed by atoms with van der Waals surface area (Å²) in [6.07, 6.45) is 10.6. The molecule has 1 heterocycles. The molecule has 0 amide bonds. The van der Waals surface area contributed by atoms with Crippen molar-refractivity contribution in [1.29, 1.82) is 0 Å². The van der Waals surface area contributed by atoms with Crippen molar-refractivity contribution in [2.45, 2.75) is 63.5 Å². The first kappa shape index (κ1) is 13.6. The maximum absolute atomic E-state index is 9.84. The smallest absolute Gasteiger partial charge is 0.0613 e. The van der Waals surface area contributed by atoms with Crippen molar-refractivity contribution < 1.29 is 5.11 Å². The standard InChI is InChI=1S/C16H25NOS/c18-13-16(17-12-14-4-3-11-19-14)9-7-15(8-10-16)5-1-2-6-15/h3-4,11,17-18H,1-2,5-10,12-13H2. The molecule has 0 saturated heterocycles. The Kier molecular flexibility index (Phi) is 3.97. The van der Waals surface area contributed by atoms with Gasteiger partial charge in [-0.05, 0) is 55.4 Å². The lowest BCUT2D eigenvalue weighted by Crippen LogP contribution is -2.52. The van der Waals surface area contributed by atoms with Crippen LogP contribution >= 0.6 is 11.3 Å². The van der Waals surface area contributed by atoms with Gasteiger partial charge in [0.15, 0.2) is 0 Å². The highest BCUT2D eigenvalue weighted by Gasteiger charge is 2.43. The van der Waals surface area contributed by atoms with Gasteiger partial charge in [0.25, 0.3) is 0 Å². The molecule has 1 aromatic heterocycles. The second kappa shape index (κ2) is 5.55. The number of aliphatic hydroxyl groups excluding tert-OH is 1. The topological polar surface area (TPSA) is 32.3 Å². The molecule has 2 fully saturated rings. The minimum absolute atomic E-state index is 0.0160. The molecular weight excluding hydrogens is 254 g/mol. The highest BCUT2D eigenvalue weighted by atomic mass is 32.1. The van der Waals surface area contributed by atoms with Crippen molar-refractivity contribution in [2.24, 2.45) is 5.41 Å². The van der Waals surface area contributed by atoms with Crippen molar-refractivity contribution in [1.82, 2.24) is 5.32 Å². The number of hydrogen-bond donors (Lipinski definition) is 2. The van der Waals surface area contributed by atoms with E-state index >= 15 is 0 Å². The van der Waals surface area contributed by atoms with E-state index in [4.69, 9.17) is 0 Å². The second-order valence-corrected chi connectivity index (χ2v) is 7.61. The van der Waals surface area contributed by atoms with Crippen molar-refractivity contribution in [3.63, 3.8) is 0 Å². The summed E-state index contributed by atoms with van der Waals surface area (Å²) in [4.78, 5) is 1.37. The predicted molar refractivity (Wildman–Crippen MR) is 80.3 cm³/mol. The molecule has 0 bridgehead atoms. The van der Waals surface area contributed by atoms with E-state index in [-0.39, 0.29) is 12.1 Å². The zero-order valence-electron chi connectivity index (χ0n) is 11.7. The lowest BCUT2D eigenvalue weighted by Gasteiger charge is -2.45. The first-order valence-electron chi connectivity index (χ1n) is 7.64. The molecule has 0 atom stereocenters. The minimum atomic E-state index is -0.0160. The third-order valence-electron chi connectivity index (χ3n) is 5.45. The van der Waals surface area contributed by atoms with Crippen LogP contribution in [-0.2, 0) is 6.54 Å². The van der Waals surface area contributed by atoms with Crippen LogP contribution in [0.25, 0.3) is 0 Å². The Morgan fingerprint density at radius 1 is 1.11 bits per heavy atom. The van der Waals surface area contributed by atoms with Crippen LogP contribution in [0, 0.1) is 5.41 Å². The zero-order valence-corrected chi connectivity index (χ0v) is 12.5. The molecule has 2 aliphatic rings. The van der Waals surface area contributed by atoms with E-state index in [2.05, 4.69) is 22.8 Å². The SMILES string of the molecule is OCC1(NCc2cccs2)CCC2(CCCC2)CC1. The van der Waals surface area contributed by atoms with Gasteiger partial charge in [0.2, 0.25) is 0 Å². The quantitative estimate of drug-likeness (QED) is 0.880. The zero-order chi connectivity index (χ0) is 13.2. The van der Waals surface area contributed by atoms with Gasteiger partial charge in [0.1, 0.15) is 0 Å². The van der Waals surface area contributed by atoms with E-state index in [0.29, 0.717) is 5.41 Å². The third-order valence-corrected chi connectivity index (χ3v) is 6.33. The van der Waals surface area contributed by atoms with Gasteiger partial charge in [-0.1, -0.05) is 18.9 Å². The first-order chi connectivity index (χ1) is 9.26. The molecule has 1 spiro atoms. The van der Waals surface area contributed by atoms with Gasteiger partial charge in [-0.2, -0.15) is 0 Å². The summed E-state index contributed by atoms with van der Waals surface area (Å²) >= 11 is 1.80. The minimum Gasteiger partial charge on any atom is -0.394 e. The van der Waals surface area contributed by atoms with Gasteiger partial charge < -0.3 is 10.4 Å². The maximum atomic E-state index is 9.84. The molecule has 19 heavy (non-hydrogen) atoms. The van der Waals surface area contributed by atoms with Crippen molar-refractivity contribution in [3.05, 3.63) is 22.4 Å². The van der Waals surface area contributed by atoms with Crippen LogP contribution in [0.4, 0.5) is 0 Å². The number of aliphatic hydroxyl groups is 1. The van der Waals surface area contributed by atoms with Crippen molar-refractivity contribution >= 4 is 11.3 Å². The fourth-order valence-electron chi connectivity index (χ4n) is 3.96. The first-order valence-corrected chi connectivity index (χ1v) is 8.52. The van der Waals surface area contributed by atoms with E-state index in [0.717, 1.165) is 19.4 Å². The largest absolute Gasteiger partial charge is 0.394 e. The number of thiophene rings is 1. The summed E-state index contributed by atoms with van der Waals surface area (Å²) in [5.74, 6) is 0. The Balaban J connectivity index is 1.58. The van der Waals surface area contributed by atoms with Crippen LogP contribution in [0.5, 0.6) is 0 Å². The molecule has 0 aliphatic heterocycles. The number of nitrogens with one attached hydrogen (secondary N) is 1. The molecule has 106 valence electrons. The summed E-state index contributed by atoms with van der Waals surface area (Å²) < 4.78 is 0. The number of hydrogen-bond acceptors (Lipinski definition) is 3. The van der Waals surface area contributed by atoms with Crippen LogP contribution in [0.15, 0.2) is 17.5 Å². The normalized spacial score (nSPS) is 24.9. The average molecular weight is 279 g/mol. The second-order valence-electron chi connectivity index (χ2n) is 6.58.